The molecule has 0 aromatic heterocycles. The minimum absolute atomic E-state index is 0.164. The number of nitrogens with one attached hydrogen (secondary N) is 1. The number of rotatable bonds is 5. The molecule has 0 fully saturated rings. The number of ether oxygens (including phenoxy) is 1. The van der Waals surface area contributed by atoms with Crippen LogP contribution in [0.15, 0.2) is 47.6 Å². The normalized spacial score (nSPS) is 10.7. The molecule has 7 heteroatoms. The average molecular weight is 358 g/mol. The number of hydrogen-bond donors (Lipinski definition) is 1. The third-order valence-electron chi connectivity index (χ3n) is 2.56. The molecule has 0 saturated heterocycles. The molecule has 0 aliphatic heterocycles. The van der Waals surface area contributed by atoms with Gasteiger partial charge in [-0.15, -0.1) is 0 Å². The van der Waals surface area contributed by atoms with E-state index in [0.29, 0.717) is 26.4 Å². The second-order valence-corrected chi connectivity index (χ2v) is 5.40. The van der Waals surface area contributed by atoms with Gasteiger partial charge in [0.25, 0.3) is 5.91 Å². The van der Waals surface area contributed by atoms with Gasteiger partial charge in [0.2, 0.25) is 0 Å². The summed E-state index contributed by atoms with van der Waals surface area (Å²) in [6.45, 7) is -0.164. The number of halogens is 3. The summed E-state index contributed by atoms with van der Waals surface area (Å²) in [4.78, 5) is 11.6. The van der Waals surface area contributed by atoms with Crippen LogP contribution in [0, 0.1) is 0 Å². The Kier molecular flexibility index (Phi) is 6.07. The highest BCUT2D eigenvalue weighted by Crippen LogP contribution is 2.24. The molecule has 2 aromatic carbocycles. The summed E-state index contributed by atoms with van der Waals surface area (Å²) >= 11 is 17.6. The Morgan fingerprint density at radius 2 is 1.86 bits per heavy atom. The molecule has 22 heavy (non-hydrogen) atoms. The number of carbonyl (C=O) groups is 1. The summed E-state index contributed by atoms with van der Waals surface area (Å²) < 4.78 is 5.28. The van der Waals surface area contributed by atoms with Gasteiger partial charge in [0.1, 0.15) is 5.75 Å². The van der Waals surface area contributed by atoms with Crippen LogP contribution in [0.3, 0.4) is 0 Å². The van der Waals surface area contributed by atoms with Crippen molar-refractivity contribution in [3.8, 4) is 5.75 Å². The van der Waals surface area contributed by atoms with Crippen LogP contribution < -0.4 is 10.2 Å². The molecule has 0 radical (unpaired) electrons. The van der Waals surface area contributed by atoms with Crippen molar-refractivity contribution in [3.63, 3.8) is 0 Å². The van der Waals surface area contributed by atoms with E-state index in [1.807, 2.05) is 0 Å². The van der Waals surface area contributed by atoms with E-state index in [-0.39, 0.29) is 6.61 Å². The molecule has 1 amide bonds. The van der Waals surface area contributed by atoms with Crippen LogP contribution in [0.2, 0.25) is 15.1 Å². The summed E-state index contributed by atoms with van der Waals surface area (Å²) in [5, 5.41) is 5.19. The van der Waals surface area contributed by atoms with Gasteiger partial charge in [-0.25, -0.2) is 5.43 Å². The van der Waals surface area contributed by atoms with Crippen molar-refractivity contribution in [2.24, 2.45) is 5.10 Å². The minimum Gasteiger partial charge on any atom is -0.484 e. The fourth-order valence-corrected chi connectivity index (χ4v) is 1.99. The maximum Gasteiger partial charge on any atom is 0.277 e. The third-order valence-corrected chi connectivity index (χ3v) is 3.64. The third kappa shape index (κ3) is 4.91. The van der Waals surface area contributed by atoms with E-state index >= 15 is 0 Å². The lowest BCUT2D eigenvalue weighted by Gasteiger charge is -2.05. The van der Waals surface area contributed by atoms with E-state index < -0.39 is 5.91 Å². The van der Waals surface area contributed by atoms with Crippen LogP contribution in [0.4, 0.5) is 0 Å². The monoisotopic (exact) mass is 356 g/mol. The molecule has 0 saturated carbocycles. The second kappa shape index (κ2) is 8.03. The highest BCUT2D eigenvalue weighted by Gasteiger charge is 2.03. The summed E-state index contributed by atoms with van der Waals surface area (Å²) in [6, 6.07) is 11.8. The van der Waals surface area contributed by atoms with Crippen LogP contribution in [0.5, 0.6) is 5.75 Å². The van der Waals surface area contributed by atoms with Gasteiger partial charge in [-0.2, -0.15) is 5.10 Å². The molecule has 1 N–H and O–H groups in total. The minimum atomic E-state index is -0.399. The Bertz CT molecular complexity index is 688. The van der Waals surface area contributed by atoms with E-state index in [0.717, 1.165) is 0 Å². The first kappa shape index (κ1) is 16.6. The predicted molar refractivity (Wildman–Crippen MR) is 89.1 cm³/mol. The van der Waals surface area contributed by atoms with Crippen LogP contribution in [-0.2, 0) is 4.79 Å². The summed E-state index contributed by atoms with van der Waals surface area (Å²) in [6.07, 6.45) is 1.41. The van der Waals surface area contributed by atoms with Gasteiger partial charge in [-0.1, -0.05) is 46.9 Å². The molecule has 0 aliphatic carbocycles. The lowest BCUT2D eigenvalue weighted by atomic mass is 10.2. The summed E-state index contributed by atoms with van der Waals surface area (Å²) in [5.41, 5.74) is 2.94. The second-order valence-electron chi connectivity index (χ2n) is 4.18. The average Bonchev–Trinajstić information content (AvgIpc) is 2.51. The van der Waals surface area contributed by atoms with Crippen molar-refractivity contribution in [2.45, 2.75) is 0 Å². The number of carbonyl (C=O) groups excluding carboxylic acids is 1. The maximum atomic E-state index is 11.6. The largest absolute Gasteiger partial charge is 0.484 e. The molecule has 2 rings (SSSR count). The van der Waals surface area contributed by atoms with Gasteiger partial charge in [0, 0.05) is 10.6 Å². The Morgan fingerprint density at radius 1 is 1.14 bits per heavy atom. The molecule has 2 aromatic rings. The molecule has 114 valence electrons. The number of amides is 1. The van der Waals surface area contributed by atoms with Crippen LogP contribution in [0.25, 0.3) is 0 Å². The first-order valence-corrected chi connectivity index (χ1v) is 7.34. The van der Waals surface area contributed by atoms with Crippen LogP contribution >= 0.6 is 34.8 Å². The van der Waals surface area contributed by atoms with E-state index in [2.05, 4.69) is 10.5 Å². The molecule has 0 unspecified atom stereocenters. The number of benzene rings is 2. The van der Waals surface area contributed by atoms with Crippen LogP contribution in [0.1, 0.15) is 5.56 Å². The van der Waals surface area contributed by atoms with E-state index in [4.69, 9.17) is 39.5 Å². The molecule has 0 spiro atoms. The molecular weight excluding hydrogens is 347 g/mol. The first-order chi connectivity index (χ1) is 10.6. The maximum absolute atomic E-state index is 11.6. The number of hydrogen-bond acceptors (Lipinski definition) is 3. The lowest BCUT2D eigenvalue weighted by Crippen LogP contribution is -2.24. The van der Waals surface area contributed by atoms with E-state index in [1.165, 1.54) is 6.21 Å². The molecule has 0 heterocycles. The Labute approximate surface area is 142 Å². The topological polar surface area (TPSA) is 50.7 Å². The quantitative estimate of drug-likeness (QED) is 0.645. The van der Waals surface area contributed by atoms with Crippen molar-refractivity contribution in [3.05, 3.63) is 63.1 Å². The fraction of sp³-hybridized carbons (Fsp3) is 0.0667. The number of hydrazone groups is 1. The highest BCUT2D eigenvalue weighted by atomic mass is 35.5. The SMILES string of the molecule is O=C(COc1ccc(Cl)cc1)N/N=C\c1cccc(Cl)c1Cl. The van der Waals surface area contributed by atoms with E-state index in [9.17, 15) is 4.79 Å². The number of nitrogens with zero attached hydrogens (tertiary/aromatic N) is 1. The Morgan fingerprint density at radius 3 is 2.59 bits per heavy atom. The fourth-order valence-electron chi connectivity index (χ4n) is 1.51. The van der Waals surface area contributed by atoms with Crippen molar-refractivity contribution in [2.75, 3.05) is 6.61 Å². The highest BCUT2D eigenvalue weighted by molar-refractivity contribution is 6.43. The molecular formula is C15H11Cl3N2O2. The zero-order valence-corrected chi connectivity index (χ0v) is 13.5. The standard InChI is InChI=1S/C15H11Cl3N2O2/c16-11-4-6-12(7-5-11)22-9-14(21)20-19-8-10-2-1-3-13(17)15(10)18/h1-8H,9H2,(H,20,21)/b19-8-. The van der Waals surface area contributed by atoms with Crippen molar-refractivity contribution in [1.29, 1.82) is 0 Å². The van der Waals surface area contributed by atoms with Crippen molar-refractivity contribution < 1.29 is 9.53 Å². The van der Waals surface area contributed by atoms with Crippen LogP contribution in [-0.4, -0.2) is 18.7 Å². The lowest BCUT2D eigenvalue weighted by molar-refractivity contribution is -0.123. The van der Waals surface area contributed by atoms with Gasteiger partial charge < -0.3 is 4.74 Å². The zero-order chi connectivity index (χ0) is 15.9. The predicted octanol–water partition coefficient (Wildman–Crippen LogP) is 4.18. The molecule has 0 bridgehead atoms. The van der Waals surface area contributed by atoms with Gasteiger partial charge in [0.15, 0.2) is 6.61 Å². The van der Waals surface area contributed by atoms with Gasteiger partial charge in [-0.05, 0) is 30.3 Å². The van der Waals surface area contributed by atoms with Gasteiger partial charge in [0.05, 0.1) is 16.3 Å². The van der Waals surface area contributed by atoms with Gasteiger partial charge >= 0.3 is 0 Å². The molecule has 4 nitrogen and oxygen atoms in total. The zero-order valence-electron chi connectivity index (χ0n) is 11.2. The van der Waals surface area contributed by atoms with Crippen molar-refractivity contribution >= 4 is 46.9 Å². The Hall–Kier alpha value is -1.75. The van der Waals surface area contributed by atoms with Crippen molar-refractivity contribution in [1.82, 2.24) is 5.43 Å². The van der Waals surface area contributed by atoms with E-state index in [1.54, 1.807) is 42.5 Å². The summed E-state index contributed by atoms with van der Waals surface area (Å²) in [5.74, 6) is 0.144. The Balaban J connectivity index is 1.83. The molecule has 0 aliphatic rings. The first-order valence-electron chi connectivity index (χ1n) is 6.20. The molecule has 0 atom stereocenters. The smallest absolute Gasteiger partial charge is 0.277 e. The van der Waals surface area contributed by atoms with Gasteiger partial charge in [-0.3, -0.25) is 4.79 Å². The summed E-state index contributed by atoms with van der Waals surface area (Å²) in [7, 11) is 0.